The Bertz CT molecular complexity index is 1090. The summed E-state index contributed by atoms with van der Waals surface area (Å²) < 4.78 is 32.3. The van der Waals surface area contributed by atoms with E-state index in [0.717, 1.165) is 5.56 Å². The van der Waals surface area contributed by atoms with E-state index < -0.39 is 10.0 Å². The fraction of sp³-hybridized carbons (Fsp3) is 0.364. The summed E-state index contributed by atoms with van der Waals surface area (Å²) in [5.74, 6) is -0.0305. The average molecular weight is 444 g/mol. The first-order valence-electron chi connectivity index (χ1n) is 10.3. The SMILES string of the molecule is O=C(CCC(=O)N1CCOc2ccccc21)NCCS(=O)(=O)N1CCc2ccccc21. The fourth-order valence-corrected chi connectivity index (χ4v) is 5.33. The second-order valence-electron chi connectivity index (χ2n) is 7.48. The fourth-order valence-electron chi connectivity index (χ4n) is 3.90. The zero-order valence-corrected chi connectivity index (χ0v) is 17.9. The Labute approximate surface area is 181 Å². The van der Waals surface area contributed by atoms with E-state index in [1.54, 1.807) is 17.0 Å². The van der Waals surface area contributed by atoms with E-state index in [1.165, 1.54) is 4.31 Å². The monoisotopic (exact) mass is 443 g/mol. The quantitative estimate of drug-likeness (QED) is 0.703. The Kier molecular flexibility index (Phi) is 6.13. The first-order valence-corrected chi connectivity index (χ1v) is 11.9. The van der Waals surface area contributed by atoms with Crippen LogP contribution in [-0.2, 0) is 26.0 Å². The zero-order chi connectivity index (χ0) is 21.8. The van der Waals surface area contributed by atoms with Gasteiger partial charge in [-0.2, -0.15) is 0 Å². The van der Waals surface area contributed by atoms with Crippen molar-refractivity contribution in [1.29, 1.82) is 0 Å². The third-order valence-corrected chi connectivity index (χ3v) is 7.23. The van der Waals surface area contributed by atoms with Crippen LogP contribution in [0.15, 0.2) is 48.5 Å². The number of hydrogen-bond donors (Lipinski definition) is 1. The van der Waals surface area contributed by atoms with E-state index >= 15 is 0 Å². The molecule has 0 unspecified atom stereocenters. The summed E-state index contributed by atoms with van der Waals surface area (Å²) in [4.78, 5) is 26.4. The summed E-state index contributed by atoms with van der Waals surface area (Å²) in [6.07, 6.45) is 0.742. The van der Waals surface area contributed by atoms with Gasteiger partial charge in [-0.1, -0.05) is 30.3 Å². The number of hydrogen-bond acceptors (Lipinski definition) is 5. The van der Waals surface area contributed by atoms with Gasteiger partial charge in [0.15, 0.2) is 0 Å². The predicted molar refractivity (Wildman–Crippen MR) is 118 cm³/mol. The van der Waals surface area contributed by atoms with E-state index in [-0.39, 0.29) is 37.0 Å². The maximum absolute atomic E-state index is 12.7. The number of para-hydroxylation sites is 3. The van der Waals surface area contributed by atoms with Crippen molar-refractivity contribution < 1.29 is 22.7 Å². The molecule has 0 aromatic heterocycles. The molecule has 0 bridgehead atoms. The van der Waals surface area contributed by atoms with Gasteiger partial charge in [0.1, 0.15) is 12.4 Å². The lowest BCUT2D eigenvalue weighted by Gasteiger charge is -2.29. The Morgan fingerprint density at radius 1 is 0.968 bits per heavy atom. The normalized spacial score (nSPS) is 15.1. The third kappa shape index (κ3) is 4.66. The van der Waals surface area contributed by atoms with E-state index in [9.17, 15) is 18.0 Å². The Morgan fingerprint density at radius 3 is 2.55 bits per heavy atom. The molecule has 4 rings (SSSR count). The van der Waals surface area contributed by atoms with Crippen LogP contribution in [0.1, 0.15) is 18.4 Å². The predicted octanol–water partition coefficient (Wildman–Crippen LogP) is 1.70. The molecule has 164 valence electrons. The van der Waals surface area contributed by atoms with E-state index in [4.69, 9.17) is 4.74 Å². The van der Waals surface area contributed by atoms with Crippen molar-refractivity contribution in [3.63, 3.8) is 0 Å². The lowest BCUT2D eigenvalue weighted by atomic mass is 10.2. The first kappa shape index (κ1) is 21.2. The molecule has 0 spiro atoms. The number of carbonyl (C=O) groups excluding carboxylic acids is 2. The number of anilines is 2. The Morgan fingerprint density at radius 2 is 1.71 bits per heavy atom. The molecule has 0 fully saturated rings. The minimum Gasteiger partial charge on any atom is -0.490 e. The maximum Gasteiger partial charge on any atom is 0.236 e. The molecule has 31 heavy (non-hydrogen) atoms. The molecule has 2 amide bonds. The van der Waals surface area contributed by atoms with Crippen molar-refractivity contribution in [2.45, 2.75) is 19.3 Å². The number of benzene rings is 2. The lowest BCUT2D eigenvalue weighted by Crippen LogP contribution is -2.39. The highest BCUT2D eigenvalue weighted by molar-refractivity contribution is 7.92. The van der Waals surface area contributed by atoms with Crippen molar-refractivity contribution in [3.8, 4) is 5.75 Å². The van der Waals surface area contributed by atoms with Crippen LogP contribution >= 0.6 is 0 Å². The molecule has 0 saturated heterocycles. The largest absolute Gasteiger partial charge is 0.490 e. The molecule has 2 aliphatic heterocycles. The minimum absolute atomic E-state index is 0.00491. The van der Waals surface area contributed by atoms with Crippen molar-refractivity contribution in [2.24, 2.45) is 0 Å². The summed E-state index contributed by atoms with van der Waals surface area (Å²) in [6.45, 7) is 1.28. The number of nitrogens with zero attached hydrogens (tertiary/aromatic N) is 2. The number of ether oxygens (including phenoxy) is 1. The Balaban J connectivity index is 1.25. The zero-order valence-electron chi connectivity index (χ0n) is 17.1. The van der Waals surface area contributed by atoms with Crippen molar-refractivity contribution in [1.82, 2.24) is 5.32 Å². The van der Waals surface area contributed by atoms with Crippen molar-refractivity contribution in [3.05, 3.63) is 54.1 Å². The molecular formula is C22H25N3O5S. The third-order valence-electron chi connectivity index (χ3n) is 5.46. The highest BCUT2D eigenvalue weighted by Crippen LogP contribution is 2.31. The smallest absolute Gasteiger partial charge is 0.236 e. The second-order valence-corrected chi connectivity index (χ2v) is 9.49. The molecule has 2 aromatic carbocycles. The Hall–Kier alpha value is -3.07. The van der Waals surface area contributed by atoms with Gasteiger partial charge in [-0.25, -0.2) is 8.42 Å². The van der Waals surface area contributed by atoms with Crippen LogP contribution in [0.4, 0.5) is 11.4 Å². The average Bonchev–Trinajstić information content (AvgIpc) is 3.22. The van der Waals surface area contributed by atoms with E-state index in [1.807, 2.05) is 36.4 Å². The number of fused-ring (bicyclic) bond motifs is 2. The van der Waals surface area contributed by atoms with Gasteiger partial charge in [0, 0.05) is 25.9 Å². The molecule has 2 heterocycles. The molecule has 1 N–H and O–H groups in total. The van der Waals surface area contributed by atoms with Gasteiger partial charge in [-0.05, 0) is 30.2 Å². The van der Waals surface area contributed by atoms with Gasteiger partial charge in [-0.15, -0.1) is 0 Å². The summed E-state index contributed by atoms with van der Waals surface area (Å²) >= 11 is 0. The van der Waals surface area contributed by atoms with Crippen molar-refractivity contribution in [2.75, 3.05) is 41.2 Å². The van der Waals surface area contributed by atoms with Crippen molar-refractivity contribution >= 4 is 33.2 Å². The number of amides is 2. The van der Waals surface area contributed by atoms with E-state index in [2.05, 4.69) is 5.32 Å². The maximum atomic E-state index is 12.7. The molecule has 8 nitrogen and oxygen atoms in total. The second kappa shape index (κ2) is 8.97. The van der Waals surface area contributed by atoms with Crippen LogP contribution in [0.25, 0.3) is 0 Å². The first-order chi connectivity index (χ1) is 15.0. The van der Waals surface area contributed by atoms with Gasteiger partial charge < -0.3 is 15.0 Å². The minimum atomic E-state index is -3.52. The number of sulfonamides is 1. The standard InChI is InChI=1S/C22H25N3O5S/c26-21(9-10-22(27)24-14-15-30-20-8-4-3-7-19(20)24)23-12-16-31(28,29)25-13-11-17-5-1-2-6-18(17)25/h1-8H,9-16H2,(H,23,26). The number of carbonyl (C=O) groups is 2. The molecule has 2 aliphatic rings. The highest BCUT2D eigenvalue weighted by atomic mass is 32.2. The molecule has 0 saturated carbocycles. The van der Waals surface area contributed by atoms with Gasteiger partial charge in [0.2, 0.25) is 21.8 Å². The van der Waals surface area contributed by atoms with Gasteiger partial charge in [0.25, 0.3) is 0 Å². The molecule has 0 radical (unpaired) electrons. The van der Waals surface area contributed by atoms with Gasteiger partial charge >= 0.3 is 0 Å². The van der Waals surface area contributed by atoms with Crippen LogP contribution in [0.3, 0.4) is 0 Å². The van der Waals surface area contributed by atoms with Crippen LogP contribution in [0.5, 0.6) is 5.75 Å². The molecule has 0 aliphatic carbocycles. The molecule has 9 heteroatoms. The molecule has 2 aromatic rings. The summed E-state index contributed by atoms with van der Waals surface area (Å²) in [7, 11) is -3.52. The lowest BCUT2D eigenvalue weighted by molar-refractivity contribution is -0.125. The van der Waals surface area contributed by atoms with Gasteiger partial charge in [-0.3, -0.25) is 13.9 Å². The number of nitrogens with one attached hydrogen (secondary N) is 1. The summed E-state index contributed by atoms with van der Waals surface area (Å²) in [5, 5.41) is 2.62. The van der Waals surface area contributed by atoms with E-state index in [0.29, 0.717) is 43.2 Å². The highest BCUT2D eigenvalue weighted by Gasteiger charge is 2.29. The summed E-state index contributed by atoms with van der Waals surface area (Å²) in [5.41, 5.74) is 2.43. The molecular weight excluding hydrogens is 418 g/mol. The number of rotatable bonds is 7. The topological polar surface area (TPSA) is 96.0 Å². The van der Waals surface area contributed by atoms with Crippen LogP contribution in [0.2, 0.25) is 0 Å². The van der Waals surface area contributed by atoms with Crippen LogP contribution < -0.4 is 19.3 Å². The van der Waals surface area contributed by atoms with Crippen LogP contribution in [-0.4, -0.2) is 52.2 Å². The van der Waals surface area contributed by atoms with Gasteiger partial charge in [0.05, 0.1) is 23.7 Å². The van der Waals surface area contributed by atoms with Crippen LogP contribution in [0, 0.1) is 0 Å². The molecule has 0 atom stereocenters. The summed E-state index contributed by atoms with van der Waals surface area (Å²) in [6, 6.07) is 14.7.